The molecule has 1 fully saturated rings. The van der Waals surface area contributed by atoms with Gasteiger partial charge in [-0.15, -0.1) is 0 Å². The number of nitrogen functional groups attached to an aromatic ring is 1. The fourth-order valence-electron chi connectivity index (χ4n) is 3.55. The zero-order chi connectivity index (χ0) is 21.2. The van der Waals surface area contributed by atoms with Crippen LogP contribution in [-0.2, 0) is 20.7 Å². The number of hydrogen-bond donors (Lipinski definition) is 3. The van der Waals surface area contributed by atoms with E-state index in [1.54, 1.807) is 6.92 Å². The molecule has 2 rings (SSSR count). The van der Waals surface area contributed by atoms with Crippen molar-refractivity contribution < 1.29 is 19.4 Å². The van der Waals surface area contributed by atoms with E-state index in [1.165, 1.54) is 18.9 Å². The Morgan fingerprint density at radius 3 is 2.14 bits per heavy atom. The van der Waals surface area contributed by atoms with E-state index in [1.807, 2.05) is 12.1 Å². The lowest BCUT2D eigenvalue weighted by atomic mass is 9.75. The lowest BCUT2D eigenvalue weighted by molar-refractivity contribution is -0.162. The van der Waals surface area contributed by atoms with Crippen LogP contribution in [0.2, 0.25) is 0 Å². The Bertz CT molecular complexity index is 647. The lowest BCUT2D eigenvalue weighted by Gasteiger charge is -2.39. The highest BCUT2D eigenvalue weighted by molar-refractivity contribution is 5.94. The zero-order valence-corrected chi connectivity index (χ0v) is 17.3. The normalized spacial score (nSPS) is 21.2. The first-order valence-corrected chi connectivity index (χ1v) is 10.1. The molecule has 0 aromatic heterocycles. The summed E-state index contributed by atoms with van der Waals surface area (Å²) in [5.41, 5.74) is 7.33. The van der Waals surface area contributed by atoms with Crippen LogP contribution >= 0.6 is 0 Å². The fraction of sp³-hybridized carbons (Fsp3) is 0.591. The predicted molar refractivity (Wildman–Crippen MR) is 110 cm³/mol. The molecule has 0 heterocycles. The highest BCUT2D eigenvalue weighted by Crippen LogP contribution is 2.39. The monoisotopic (exact) mass is 390 g/mol. The molecule has 6 nitrogen and oxygen atoms in total. The maximum atomic E-state index is 11.3. The molecule has 0 bridgehead atoms. The van der Waals surface area contributed by atoms with Gasteiger partial charge in [0, 0.05) is 18.9 Å². The molecule has 0 aliphatic heterocycles. The van der Waals surface area contributed by atoms with Crippen molar-refractivity contribution >= 4 is 17.8 Å². The number of nitrogens with one attached hydrogen (secondary N) is 1. The average Bonchev–Trinajstić information content (AvgIpc) is 2.67. The number of amidine groups is 1. The summed E-state index contributed by atoms with van der Waals surface area (Å²) in [5.74, 6) is -0.0798. The van der Waals surface area contributed by atoms with Gasteiger partial charge in [0.05, 0.1) is 0 Å². The Balaban J connectivity index is 0.000000696. The smallest absolute Gasteiger partial charge is 0.303 e. The van der Waals surface area contributed by atoms with Crippen LogP contribution in [0.15, 0.2) is 24.3 Å². The summed E-state index contributed by atoms with van der Waals surface area (Å²) in [6, 6.07) is 7.96. The summed E-state index contributed by atoms with van der Waals surface area (Å²) in [4.78, 5) is 20.7. The molecule has 0 spiro atoms. The highest BCUT2D eigenvalue weighted by atomic mass is 16.6. The molecule has 1 saturated carbocycles. The molecule has 6 heteroatoms. The average molecular weight is 391 g/mol. The fourth-order valence-corrected chi connectivity index (χ4v) is 3.55. The summed E-state index contributed by atoms with van der Waals surface area (Å²) >= 11 is 0. The molecule has 0 saturated heterocycles. The third-order valence-electron chi connectivity index (χ3n) is 5.43. The van der Waals surface area contributed by atoms with Crippen molar-refractivity contribution in [2.75, 3.05) is 0 Å². The maximum Gasteiger partial charge on any atom is 0.303 e. The Morgan fingerprint density at radius 1 is 1.21 bits per heavy atom. The summed E-state index contributed by atoms with van der Waals surface area (Å²) in [6.07, 6.45) is 7.58. The number of benzene rings is 1. The van der Waals surface area contributed by atoms with Crippen LogP contribution in [-0.4, -0.2) is 28.5 Å². The third kappa shape index (κ3) is 8.11. The summed E-state index contributed by atoms with van der Waals surface area (Å²) < 4.78 is 5.60. The number of nitrogens with two attached hydrogens (primary N) is 1. The van der Waals surface area contributed by atoms with Crippen molar-refractivity contribution in [2.24, 2.45) is 11.7 Å². The van der Waals surface area contributed by atoms with Crippen LogP contribution in [0.4, 0.5) is 0 Å². The van der Waals surface area contributed by atoms with Crippen LogP contribution in [0.1, 0.15) is 76.8 Å². The number of carboxylic acids is 1. The predicted octanol–water partition coefficient (Wildman–Crippen LogP) is 4.29. The lowest BCUT2D eigenvalue weighted by Crippen LogP contribution is -2.38. The number of rotatable bonds is 7. The molecule has 1 aromatic carbocycles. The Hall–Kier alpha value is -2.37. The van der Waals surface area contributed by atoms with Crippen molar-refractivity contribution in [3.63, 3.8) is 0 Å². The largest absolute Gasteiger partial charge is 0.481 e. The third-order valence-corrected chi connectivity index (χ3v) is 5.43. The van der Waals surface area contributed by atoms with Gasteiger partial charge in [-0.25, -0.2) is 0 Å². The van der Waals surface area contributed by atoms with Crippen molar-refractivity contribution in [1.29, 1.82) is 5.41 Å². The second-order valence-corrected chi connectivity index (χ2v) is 7.47. The van der Waals surface area contributed by atoms with Gasteiger partial charge < -0.3 is 15.6 Å². The second-order valence-electron chi connectivity index (χ2n) is 7.47. The number of ether oxygens (including phenoxy) is 1. The number of aliphatic carboxylic acids is 1. The maximum absolute atomic E-state index is 11.3. The highest BCUT2D eigenvalue weighted by Gasteiger charge is 2.36. The van der Waals surface area contributed by atoms with E-state index in [-0.39, 0.29) is 23.8 Å². The molecule has 28 heavy (non-hydrogen) atoms. The van der Waals surface area contributed by atoms with E-state index in [9.17, 15) is 9.59 Å². The van der Waals surface area contributed by atoms with Gasteiger partial charge >= 0.3 is 11.9 Å². The van der Waals surface area contributed by atoms with Crippen LogP contribution in [0.25, 0.3) is 0 Å². The van der Waals surface area contributed by atoms with Gasteiger partial charge in [0.15, 0.2) is 0 Å². The van der Waals surface area contributed by atoms with Crippen molar-refractivity contribution in [3.8, 4) is 0 Å². The van der Waals surface area contributed by atoms with Gasteiger partial charge in [0.1, 0.15) is 11.4 Å². The molecular formula is C22H34N2O4. The zero-order valence-electron chi connectivity index (χ0n) is 17.3. The van der Waals surface area contributed by atoms with Gasteiger partial charge in [-0.3, -0.25) is 15.0 Å². The molecule has 4 N–H and O–H groups in total. The molecule has 1 aliphatic rings. The van der Waals surface area contributed by atoms with Crippen LogP contribution < -0.4 is 5.73 Å². The van der Waals surface area contributed by atoms with Crippen molar-refractivity contribution in [3.05, 3.63) is 35.4 Å². The first-order valence-electron chi connectivity index (χ1n) is 10.1. The standard InChI is InChI=1S/C19H28N2O2.C3H6O2/c1-3-19(23-14(2)22)12-10-16(11-13-19)5-4-15-6-8-17(9-7-15)18(20)21;1-2-3(4)5/h6-9,16H,3-5,10-13H2,1-2H3,(H3,20,21);2H2,1H3,(H,4,5). The van der Waals surface area contributed by atoms with E-state index in [0.717, 1.165) is 44.1 Å². The number of carbonyl (C=O) groups excluding carboxylic acids is 1. The van der Waals surface area contributed by atoms with E-state index in [4.69, 9.17) is 21.0 Å². The van der Waals surface area contributed by atoms with Crippen LogP contribution in [0.3, 0.4) is 0 Å². The molecule has 0 unspecified atom stereocenters. The van der Waals surface area contributed by atoms with Gasteiger partial charge in [0.25, 0.3) is 0 Å². The number of hydrogen-bond acceptors (Lipinski definition) is 4. The Labute approximate surface area is 168 Å². The van der Waals surface area contributed by atoms with E-state index < -0.39 is 5.97 Å². The topological polar surface area (TPSA) is 113 Å². The van der Waals surface area contributed by atoms with Gasteiger partial charge in [0.2, 0.25) is 0 Å². The van der Waals surface area contributed by atoms with E-state index in [0.29, 0.717) is 5.92 Å². The van der Waals surface area contributed by atoms with Gasteiger partial charge in [-0.2, -0.15) is 0 Å². The molecule has 0 radical (unpaired) electrons. The Kier molecular flexibility index (Phi) is 9.69. The number of carboxylic acid groups (broad SMARTS) is 1. The van der Waals surface area contributed by atoms with E-state index in [2.05, 4.69) is 19.1 Å². The summed E-state index contributed by atoms with van der Waals surface area (Å²) in [5, 5.41) is 15.1. The van der Waals surface area contributed by atoms with Crippen LogP contribution in [0.5, 0.6) is 0 Å². The minimum atomic E-state index is -0.745. The molecule has 1 aromatic rings. The van der Waals surface area contributed by atoms with Crippen molar-refractivity contribution in [2.45, 2.75) is 77.7 Å². The number of aryl methyl sites for hydroxylation is 1. The van der Waals surface area contributed by atoms with Gasteiger partial charge in [-0.1, -0.05) is 38.1 Å². The van der Waals surface area contributed by atoms with Crippen molar-refractivity contribution in [1.82, 2.24) is 0 Å². The second kappa shape index (κ2) is 11.5. The van der Waals surface area contributed by atoms with Gasteiger partial charge in [-0.05, 0) is 56.4 Å². The minimum Gasteiger partial charge on any atom is -0.481 e. The Morgan fingerprint density at radius 2 is 1.75 bits per heavy atom. The molecule has 0 atom stereocenters. The summed E-state index contributed by atoms with van der Waals surface area (Å²) in [7, 11) is 0. The first-order chi connectivity index (χ1) is 13.2. The summed E-state index contributed by atoms with van der Waals surface area (Å²) in [6.45, 7) is 5.22. The number of esters is 1. The first kappa shape index (κ1) is 23.7. The SMILES string of the molecule is CCC(=O)O.CCC1(OC(C)=O)CCC(CCc2ccc(C(=N)N)cc2)CC1. The molecule has 156 valence electrons. The van der Waals surface area contributed by atoms with E-state index >= 15 is 0 Å². The number of carbonyl (C=O) groups is 2. The molecule has 0 amide bonds. The minimum absolute atomic E-state index is 0.116. The van der Waals surface area contributed by atoms with Crippen LogP contribution in [0, 0.1) is 11.3 Å². The molecular weight excluding hydrogens is 356 g/mol. The molecule has 1 aliphatic carbocycles. The quantitative estimate of drug-likeness (QED) is 0.365.